The van der Waals surface area contributed by atoms with Gasteiger partial charge in [-0.2, -0.15) is 0 Å². The molecular weight excluding hydrogens is 493 g/mol. The highest BCUT2D eigenvalue weighted by Crippen LogP contribution is 2.30. The van der Waals surface area contributed by atoms with E-state index in [1.807, 2.05) is 24.3 Å². The number of guanidine groups is 1. The molecule has 1 aromatic carbocycles. The fourth-order valence-electron chi connectivity index (χ4n) is 3.68. The van der Waals surface area contributed by atoms with Gasteiger partial charge in [-0.25, -0.2) is 4.99 Å². The topological polar surface area (TPSA) is 61.4 Å². The molecule has 0 radical (unpaired) electrons. The predicted molar refractivity (Wildman–Crippen MR) is 134 cm³/mol. The zero-order valence-electron chi connectivity index (χ0n) is 18.4. The largest absolute Gasteiger partial charge is 0.486 e. The molecule has 2 aliphatic heterocycles. The summed E-state index contributed by atoms with van der Waals surface area (Å²) in [6.07, 6.45) is 2.31. The second-order valence-corrected chi connectivity index (χ2v) is 7.63. The molecule has 0 spiro atoms. The molecule has 0 amide bonds. The molecule has 1 saturated heterocycles. The van der Waals surface area contributed by atoms with Gasteiger partial charge >= 0.3 is 0 Å². The van der Waals surface area contributed by atoms with E-state index in [0.717, 1.165) is 37.0 Å². The Morgan fingerprint density at radius 2 is 1.77 bits per heavy atom. The van der Waals surface area contributed by atoms with Crippen molar-refractivity contribution in [3.05, 3.63) is 24.3 Å². The molecule has 2 heterocycles. The van der Waals surface area contributed by atoms with Crippen LogP contribution in [0, 0.1) is 0 Å². The lowest BCUT2D eigenvalue weighted by atomic mass is 10.2. The van der Waals surface area contributed by atoms with Gasteiger partial charge in [0.15, 0.2) is 23.6 Å². The van der Waals surface area contributed by atoms with Gasteiger partial charge in [0, 0.05) is 39.3 Å². The number of halogens is 1. The Hall–Kier alpha value is -1.26. The lowest BCUT2D eigenvalue weighted by Crippen LogP contribution is -2.46. The number of hydrogen-bond acceptors (Lipinski definition) is 5. The number of aliphatic imine (C=N–C) groups is 1. The van der Waals surface area contributed by atoms with E-state index in [-0.39, 0.29) is 30.1 Å². The van der Waals surface area contributed by atoms with Crippen LogP contribution in [-0.4, -0.2) is 87.4 Å². The smallest absolute Gasteiger partial charge is 0.191 e. The molecule has 2 N–H and O–H groups in total. The van der Waals surface area contributed by atoms with Crippen LogP contribution in [0.25, 0.3) is 0 Å². The summed E-state index contributed by atoms with van der Waals surface area (Å²) in [5.74, 6) is 2.47. The number of unbranched alkanes of at least 4 members (excludes halogenated alkanes) is 1. The van der Waals surface area contributed by atoms with Crippen LogP contribution in [0.2, 0.25) is 0 Å². The minimum Gasteiger partial charge on any atom is -0.486 e. The monoisotopic (exact) mass is 531 g/mol. The number of nitrogens with zero attached hydrogens (tertiary/aromatic N) is 3. The summed E-state index contributed by atoms with van der Waals surface area (Å²) in [5, 5.41) is 6.77. The van der Waals surface area contributed by atoms with Crippen LogP contribution in [-0.2, 0) is 0 Å². The van der Waals surface area contributed by atoms with Crippen molar-refractivity contribution in [2.24, 2.45) is 4.99 Å². The highest BCUT2D eigenvalue weighted by molar-refractivity contribution is 14.0. The number of likely N-dealkylation sites (N-methyl/N-ethyl adjacent to an activating group) is 1. The van der Waals surface area contributed by atoms with Crippen LogP contribution in [0.1, 0.15) is 26.7 Å². The lowest BCUT2D eigenvalue weighted by Gasteiger charge is -2.34. The maximum Gasteiger partial charge on any atom is 0.191 e. The van der Waals surface area contributed by atoms with Gasteiger partial charge in [0.2, 0.25) is 0 Å². The zero-order valence-corrected chi connectivity index (χ0v) is 20.8. The van der Waals surface area contributed by atoms with E-state index >= 15 is 0 Å². The van der Waals surface area contributed by atoms with Crippen LogP contribution in [0.3, 0.4) is 0 Å². The number of fused-ring (bicyclic) bond motifs is 1. The maximum atomic E-state index is 5.99. The number of nitrogens with one attached hydrogen (secondary N) is 2. The van der Waals surface area contributed by atoms with E-state index in [1.54, 1.807) is 0 Å². The number of rotatable bonds is 9. The van der Waals surface area contributed by atoms with Gasteiger partial charge in [0.05, 0.1) is 6.54 Å². The molecule has 30 heavy (non-hydrogen) atoms. The molecule has 7 nitrogen and oxygen atoms in total. The molecular formula is C22H38IN5O2. The first kappa shape index (κ1) is 25.0. The number of ether oxygens (including phenoxy) is 2. The van der Waals surface area contributed by atoms with Crippen LogP contribution in [0.5, 0.6) is 11.5 Å². The summed E-state index contributed by atoms with van der Waals surface area (Å²) >= 11 is 0. The number of hydrogen-bond donors (Lipinski definition) is 2. The molecule has 8 heteroatoms. The fraction of sp³-hybridized carbons (Fsp3) is 0.682. The van der Waals surface area contributed by atoms with Gasteiger partial charge in [-0.15, -0.1) is 24.0 Å². The van der Waals surface area contributed by atoms with Crippen molar-refractivity contribution in [3.63, 3.8) is 0 Å². The average molecular weight is 531 g/mol. The van der Waals surface area contributed by atoms with E-state index in [0.29, 0.717) is 13.2 Å². The van der Waals surface area contributed by atoms with Crippen molar-refractivity contribution in [3.8, 4) is 11.5 Å². The van der Waals surface area contributed by atoms with Crippen molar-refractivity contribution in [1.29, 1.82) is 0 Å². The molecule has 0 aromatic heterocycles. The highest BCUT2D eigenvalue weighted by Gasteiger charge is 2.20. The first-order chi connectivity index (χ1) is 14.3. The van der Waals surface area contributed by atoms with E-state index in [4.69, 9.17) is 9.47 Å². The maximum absolute atomic E-state index is 5.99. The highest BCUT2D eigenvalue weighted by atomic mass is 127. The van der Waals surface area contributed by atoms with E-state index < -0.39 is 0 Å². The Bertz CT molecular complexity index is 638. The number of benzene rings is 1. The molecule has 1 atom stereocenters. The second-order valence-electron chi connectivity index (χ2n) is 7.63. The lowest BCUT2D eigenvalue weighted by molar-refractivity contribution is 0.0971. The van der Waals surface area contributed by atoms with Crippen molar-refractivity contribution in [1.82, 2.24) is 20.4 Å². The van der Waals surface area contributed by atoms with E-state index in [2.05, 4.69) is 39.3 Å². The van der Waals surface area contributed by atoms with Crippen molar-refractivity contribution in [2.45, 2.75) is 32.8 Å². The first-order valence-electron chi connectivity index (χ1n) is 11.1. The fourth-order valence-corrected chi connectivity index (χ4v) is 3.68. The normalized spacial score (nSPS) is 19.8. The molecule has 170 valence electrons. The molecule has 2 aliphatic rings. The molecule has 1 fully saturated rings. The minimum atomic E-state index is -0.0536. The van der Waals surface area contributed by atoms with Gasteiger partial charge in [-0.1, -0.05) is 19.1 Å². The molecule has 0 saturated carbocycles. The van der Waals surface area contributed by atoms with Crippen LogP contribution >= 0.6 is 24.0 Å². The van der Waals surface area contributed by atoms with Gasteiger partial charge in [-0.3, -0.25) is 0 Å². The summed E-state index contributed by atoms with van der Waals surface area (Å²) in [4.78, 5) is 9.80. The second kappa shape index (κ2) is 13.9. The minimum absolute atomic E-state index is 0. The standard InChI is InChI=1S/C22H37N5O2.HI/c1-3-23-22(24-11-7-8-12-27-15-13-26(4-2)14-16-27)25-17-19-18-28-20-9-5-6-10-21(20)29-19;/h5-6,9-10,19H,3-4,7-8,11-18H2,1-2H3,(H2,23,24,25);1H. The summed E-state index contributed by atoms with van der Waals surface area (Å²) in [6, 6.07) is 7.79. The van der Waals surface area contributed by atoms with Crippen molar-refractivity contribution in [2.75, 3.05) is 65.5 Å². The Balaban J connectivity index is 0.00000320. The Morgan fingerprint density at radius 1 is 1.03 bits per heavy atom. The van der Waals surface area contributed by atoms with Crippen LogP contribution < -0.4 is 20.1 Å². The third-order valence-corrected chi connectivity index (χ3v) is 5.47. The molecule has 3 rings (SSSR count). The first-order valence-corrected chi connectivity index (χ1v) is 11.1. The SMILES string of the molecule is CCNC(=NCC1COc2ccccc2O1)NCCCCN1CCN(CC)CC1.I. The Labute approximate surface area is 198 Å². The van der Waals surface area contributed by atoms with Gasteiger partial charge in [0.1, 0.15) is 6.61 Å². The van der Waals surface area contributed by atoms with Gasteiger partial charge < -0.3 is 29.9 Å². The van der Waals surface area contributed by atoms with Crippen LogP contribution in [0.4, 0.5) is 0 Å². The van der Waals surface area contributed by atoms with E-state index in [1.165, 1.54) is 45.7 Å². The number of para-hydroxylation sites is 2. The summed E-state index contributed by atoms with van der Waals surface area (Å²) in [6.45, 7) is 14.4. The predicted octanol–water partition coefficient (Wildman–Crippen LogP) is 2.42. The quantitative estimate of drug-likeness (QED) is 0.221. The van der Waals surface area contributed by atoms with Crippen LogP contribution in [0.15, 0.2) is 29.3 Å². The molecule has 0 bridgehead atoms. The molecule has 1 aromatic rings. The molecule has 0 aliphatic carbocycles. The van der Waals surface area contributed by atoms with Gasteiger partial charge in [-0.05, 0) is 45.0 Å². The summed E-state index contributed by atoms with van der Waals surface area (Å²) < 4.78 is 11.8. The summed E-state index contributed by atoms with van der Waals surface area (Å²) in [5.41, 5.74) is 0. The van der Waals surface area contributed by atoms with E-state index in [9.17, 15) is 0 Å². The third-order valence-electron chi connectivity index (χ3n) is 5.47. The van der Waals surface area contributed by atoms with Crippen molar-refractivity contribution < 1.29 is 9.47 Å². The van der Waals surface area contributed by atoms with Crippen molar-refractivity contribution >= 4 is 29.9 Å². The van der Waals surface area contributed by atoms with Gasteiger partial charge in [0.25, 0.3) is 0 Å². The Morgan fingerprint density at radius 3 is 2.50 bits per heavy atom. The third kappa shape index (κ3) is 8.11. The molecule has 1 unspecified atom stereocenters. The number of piperazine rings is 1. The average Bonchev–Trinajstić information content (AvgIpc) is 2.77. The zero-order chi connectivity index (χ0) is 20.3. The Kier molecular flexibility index (Phi) is 11.6. The summed E-state index contributed by atoms with van der Waals surface area (Å²) in [7, 11) is 0.